The van der Waals surface area contributed by atoms with Crippen LogP contribution in [0, 0.1) is 18.8 Å². The lowest BCUT2D eigenvalue weighted by Gasteiger charge is -2.23. The predicted octanol–water partition coefficient (Wildman–Crippen LogP) is 7.60. The van der Waals surface area contributed by atoms with Crippen LogP contribution in [-0.2, 0) is 16.1 Å². The van der Waals surface area contributed by atoms with E-state index < -0.39 is 5.97 Å². The molecule has 6 heteroatoms. The SMILES string of the molecule is CC#C[C@@H](CC(=O)O)c1ccc(OCc2ccc3scc(-c4ccc(OC5CCOCC5)cc4C)c3c2)cc1. The monoisotopic (exact) mass is 540 g/mol. The normalized spacial score (nSPS) is 14.4. The fourth-order valence-electron chi connectivity index (χ4n) is 4.94. The van der Waals surface area contributed by atoms with Crippen LogP contribution in [0.25, 0.3) is 21.2 Å². The number of benzene rings is 3. The average molecular weight is 541 g/mol. The summed E-state index contributed by atoms with van der Waals surface area (Å²) in [6.45, 7) is 5.83. The molecule has 4 aromatic rings. The Bertz CT molecular complexity index is 1500. The molecule has 0 radical (unpaired) electrons. The van der Waals surface area contributed by atoms with E-state index in [9.17, 15) is 9.90 Å². The van der Waals surface area contributed by atoms with Crippen molar-refractivity contribution in [2.75, 3.05) is 13.2 Å². The molecule has 5 rings (SSSR count). The first kappa shape index (κ1) is 26.8. The maximum absolute atomic E-state index is 11.2. The van der Waals surface area contributed by atoms with Crippen LogP contribution in [-0.4, -0.2) is 30.4 Å². The molecule has 1 fully saturated rings. The molecule has 0 aliphatic carbocycles. The molecule has 200 valence electrons. The highest BCUT2D eigenvalue weighted by Gasteiger charge is 2.17. The lowest BCUT2D eigenvalue weighted by atomic mass is 9.96. The highest BCUT2D eigenvalue weighted by atomic mass is 32.1. The van der Waals surface area contributed by atoms with Crippen LogP contribution in [0.3, 0.4) is 0 Å². The molecule has 0 spiro atoms. The summed E-state index contributed by atoms with van der Waals surface area (Å²) in [5, 5.41) is 12.6. The van der Waals surface area contributed by atoms with Crippen LogP contribution in [0.2, 0.25) is 0 Å². The van der Waals surface area contributed by atoms with Crippen molar-refractivity contribution in [2.45, 2.75) is 51.7 Å². The zero-order valence-corrected chi connectivity index (χ0v) is 23.1. The van der Waals surface area contributed by atoms with Gasteiger partial charge in [-0.25, -0.2) is 0 Å². The smallest absolute Gasteiger partial charge is 0.304 e. The van der Waals surface area contributed by atoms with Gasteiger partial charge >= 0.3 is 5.97 Å². The number of hydrogen-bond donors (Lipinski definition) is 1. The fourth-order valence-corrected chi connectivity index (χ4v) is 5.88. The topological polar surface area (TPSA) is 65.0 Å². The van der Waals surface area contributed by atoms with E-state index in [1.165, 1.54) is 26.8 Å². The van der Waals surface area contributed by atoms with Crippen molar-refractivity contribution < 1.29 is 24.1 Å². The van der Waals surface area contributed by atoms with Crippen LogP contribution < -0.4 is 9.47 Å². The van der Waals surface area contributed by atoms with E-state index in [0.717, 1.165) is 48.7 Å². The Kier molecular flexibility index (Phi) is 8.51. The first-order chi connectivity index (χ1) is 19.0. The highest BCUT2D eigenvalue weighted by Crippen LogP contribution is 2.37. The molecule has 1 aliphatic heterocycles. The van der Waals surface area contributed by atoms with Crippen LogP contribution in [0.15, 0.2) is 66.0 Å². The van der Waals surface area contributed by atoms with Crippen molar-refractivity contribution in [1.29, 1.82) is 0 Å². The number of carboxylic acids is 1. The summed E-state index contributed by atoms with van der Waals surface area (Å²) in [6, 6.07) is 20.4. The third kappa shape index (κ3) is 6.62. The molecule has 1 atom stereocenters. The largest absolute Gasteiger partial charge is 0.490 e. The number of fused-ring (bicyclic) bond motifs is 1. The molecule has 2 heterocycles. The number of carbonyl (C=O) groups is 1. The molecule has 1 N–H and O–H groups in total. The average Bonchev–Trinajstić information content (AvgIpc) is 3.35. The Labute approximate surface area is 233 Å². The number of carboxylic acid groups (broad SMARTS) is 1. The second kappa shape index (κ2) is 12.4. The Balaban J connectivity index is 1.29. The molecule has 0 saturated carbocycles. The molecule has 5 nitrogen and oxygen atoms in total. The van der Waals surface area contributed by atoms with E-state index in [-0.39, 0.29) is 18.4 Å². The number of ether oxygens (including phenoxy) is 3. The third-order valence-corrected chi connectivity index (χ3v) is 7.95. The number of hydrogen-bond acceptors (Lipinski definition) is 5. The lowest BCUT2D eigenvalue weighted by Crippen LogP contribution is -2.25. The zero-order chi connectivity index (χ0) is 27.2. The van der Waals surface area contributed by atoms with Crippen molar-refractivity contribution in [3.8, 4) is 34.5 Å². The van der Waals surface area contributed by atoms with Crippen molar-refractivity contribution in [1.82, 2.24) is 0 Å². The van der Waals surface area contributed by atoms with Gasteiger partial charge in [-0.05, 0) is 77.9 Å². The summed E-state index contributed by atoms with van der Waals surface area (Å²) in [4.78, 5) is 11.2. The fraction of sp³-hybridized carbons (Fsp3) is 0.303. The van der Waals surface area contributed by atoms with Crippen LogP contribution in [0.4, 0.5) is 0 Å². The minimum atomic E-state index is -0.860. The minimum Gasteiger partial charge on any atom is -0.490 e. The Hall–Kier alpha value is -3.79. The van der Waals surface area contributed by atoms with E-state index in [4.69, 9.17) is 14.2 Å². The maximum atomic E-state index is 11.2. The number of aryl methyl sites for hydroxylation is 1. The molecule has 0 bridgehead atoms. The van der Waals surface area contributed by atoms with Crippen LogP contribution in [0.1, 0.15) is 48.8 Å². The highest BCUT2D eigenvalue weighted by molar-refractivity contribution is 7.17. The summed E-state index contributed by atoms with van der Waals surface area (Å²) in [5.74, 6) is 6.28. The van der Waals surface area contributed by atoms with Gasteiger partial charge in [0.05, 0.1) is 25.6 Å². The van der Waals surface area contributed by atoms with Crippen molar-refractivity contribution in [3.05, 3.63) is 82.7 Å². The molecule has 1 aliphatic rings. The standard InChI is InChI=1S/C33H32O5S/c1-3-4-25(19-33(34)35)24-6-8-26(9-7-24)37-20-23-5-12-32-30(18-23)31(21-39-32)29-11-10-28(17-22(29)2)38-27-13-15-36-16-14-27/h5-12,17-18,21,25,27H,13-16,19-20H2,1-2H3,(H,34,35)/t25-/m0/s1. The predicted molar refractivity (Wildman–Crippen MR) is 156 cm³/mol. The summed E-state index contributed by atoms with van der Waals surface area (Å²) in [5.41, 5.74) is 5.58. The second-order valence-electron chi connectivity index (χ2n) is 9.79. The number of aliphatic carboxylic acids is 1. The van der Waals surface area contributed by atoms with E-state index in [1.807, 2.05) is 24.3 Å². The summed E-state index contributed by atoms with van der Waals surface area (Å²) >= 11 is 1.75. The zero-order valence-electron chi connectivity index (χ0n) is 22.2. The Morgan fingerprint density at radius 2 is 1.82 bits per heavy atom. The third-order valence-electron chi connectivity index (χ3n) is 6.98. The molecule has 1 aromatic heterocycles. The summed E-state index contributed by atoms with van der Waals surface area (Å²) in [6.07, 6.45) is 2.07. The number of thiophene rings is 1. The van der Waals surface area contributed by atoms with Crippen molar-refractivity contribution in [2.24, 2.45) is 0 Å². The van der Waals surface area contributed by atoms with Gasteiger partial charge in [0.1, 0.15) is 24.2 Å². The number of rotatable bonds is 9. The summed E-state index contributed by atoms with van der Waals surface area (Å²) in [7, 11) is 0. The maximum Gasteiger partial charge on any atom is 0.304 e. The van der Waals surface area contributed by atoms with Gasteiger partial charge in [0.25, 0.3) is 0 Å². The van der Waals surface area contributed by atoms with Gasteiger partial charge in [0.2, 0.25) is 0 Å². The van der Waals surface area contributed by atoms with Crippen molar-refractivity contribution >= 4 is 27.4 Å². The minimum absolute atomic E-state index is 0.0186. The van der Waals surface area contributed by atoms with Gasteiger partial charge in [0, 0.05) is 28.5 Å². The molecular weight excluding hydrogens is 508 g/mol. The second-order valence-corrected chi connectivity index (χ2v) is 10.7. The lowest BCUT2D eigenvalue weighted by molar-refractivity contribution is -0.137. The van der Waals surface area contributed by atoms with E-state index in [2.05, 4.69) is 60.5 Å². The summed E-state index contributed by atoms with van der Waals surface area (Å²) < 4.78 is 19.0. The Morgan fingerprint density at radius 3 is 2.54 bits per heavy atom. The first-order valence-electron chi connectivity index (χ1n) is 13.2. The van der Waals surface area contributed by atoms with Gasteiger partial charge in [-0.3, -0.25) is 4.79 Å². The van der Waals surface area contributed by atoms with Gasteiger partial charge in [-0.1, -0.05) is 30.2 Å². The van der Waals surface area contributed by atoms with Gasteiger partial charge in [-0.15, -0.1) is 17.3 Å². The van der Waals surface area contributed by atoms with E-state index >= 15 is 0 Å². The van der Waals surface area contributed by atoms with Gasteiger partial charge < -0.3 is 19.3 Å². The molecule has 39 heavy (non-hydrogen) atoms. The molecule has 1 saturated heterocycles. The van der Waals surface area contributed by atoms with Gasteiger partial charge in [0.15, 0.2) is 0 Å². The molecule has 0 unspecified atom stereocenters. The molecular formula is C33H32O5S. The van der Waals surface area contributed by atoms with Crippen LogP contribution in [0.5, 0.6) is 11.5 Å². The van der Waals surface area contributed by atoms with Crippen molar-refractivity contribution in [3.63, 3.8) is 0 Å². The Morgan fingerprint density at radius 1 is 1.05 bits per heavy atom. The van der Waals surface area contributed by atoms with Gasteiger partial charge in [-0.2, -0.15) is 0 Å². The van der Waals surface area contributed by atoms with E-state index in [1.54, 1.807) is 18.3 Å². The molecule has 3 aromatic carbocycles. The quantitative estimate of drug-likeness (QED) is 0.222. The molecule has 0 amide bonds. The van der Waals surface area contributed by atoms with E-state index in [0.29, 0.717) is 6.61 Å². The first-order valence-corrected chi connectivity index (χ1v) is 14.1. The van der Waals surface area contributed by atoms with Crippen LogP contribution >= 0.6 is 11.3 Å².